The maximum atomic E-state index is 13.3. The third-order valence-electron chi connectivity index (χ3n) is 4.73. The van der Waals surface area contributed by atoms with Crippen LogP contribution in [0.25, 0.3) is 0 Å². The molecule has 0 amide bonds. The van der Waals surface area contributed by atoms with E-state index in [2.05, 4.69) is 10.6 Å². The van der Waals surface area contributed by atoms with Gasteiger partial charge in [-0.15, -0.1) is 0 Å². The highest BCUT2D eigenvalue weighted by Gasteiger charge is 2.42. The average Bonchev–Trinajstić information content (AvgIpc) is 2.66. The number of fused-ring (bicyclic) bond motifs is 2. The number of anilines is 2. The van der Waals surface area contributed by atoms with Gasteiger partial charge in [0, 0.05) is 24.5 Å². The summed E-state index contributed by atoms with van der Waals surface area (Å²) < 4.78 is 65.9. The number of ketones is 2. The van der Waals surface area contributed by atoms with Crippen LogP contribution in [0.5, 0.6) is 11.5 Å². The van der Waals surface area contributed by atoms with E-state index in [1.165, 1.54) is 0 Å². The fourth-order valence-electron chi connectivity index (χ4n) is 3.51. The molecule has 0 spiro atoms. The smallest absolute Gasteiger partial charge is 0.298 e. The lowest BCUT2D eigenvalue weighted by Gasteiger charge is -2.25. The fraction of sp³-hybridized carbons (Fsp3) is 0.222. The lowest BCUT2D eigenvalue weighted by atomic mass is 9.81. The zero-order chi connectivity index (χ0) is 24.2. The predicted octanol–water partition coefficient (Wildman–Crippen LogP) is 1.23. The number of hydrogen-bond donors (Lipinski definition) is 6. The molecule has 14 heteroatoms. The Morgan fingerprint density at radius 3 is 1.25 bits per heavy atom. The summed E-state index contributed by atoms with van der Waals surface area (Å²) in [6, 6.07) is 1.47. The van der Waals surface area contributed by atoms with Gasteiger partial charge < -0.3 is 20.8 Å². The van der Waals surface area contributed by atoms with Crippen LogP contribution in [0.4, 0.5) is 11.4 Å². The number of phenols is 2. The lowest BCUT2D eigenvalue weighted by Crippen LogP contribution is -2.26. The second-order valence-electron chi connectivity index (χ2n) is 6.71. The van der Waals surface area contributed by atoms with Crippen LogP contribution >= 0.6 is 0 Å². The topological polar surface area (TPSA) is 207 Å². The highest BCUT2D eigenvalue weighted by atomic mass is 32.2. The van der Waals surface area contributed by atoms with Crippen LogP contribution in [0.2, 0.25) is 0 Å². The van der Waals surface area contributed by atoms with Crippen molar-refractivity contribution in [3.05, 3.63) is 34.4 Å². The van der Waals surface area contributed by atoms with Gasteiger partial charge in [0.2, 0.25) is 11.6 Å². The normalized spacial score (nSPS) is 13.5. The molecule has 172 valence electrons. The fourth-order valence-corrected chi connectivity index (χ4v) is 4.74. The van der Waals surface area contributed by atoms with Crippen LogP contribution in [0.3, 0.4) is 0 Å². The molecular formula is C18H18N2O10S2. The highest BCUT2D eigenvalue weighted by molar-refractivity contribution is 7.86. The molecule has 0 aromatic heterocycles. The first-order valence-electron chi connectivity index (χ1n) is 9.07. The zero-order valence-corrected chi connectivity index (χ0v) is 18.3. The molecule has 1 aliphatic carbocycles. The summed E-state index contributed by atoms with van der Waals surface area (Å²) in [5.41, 5.74) is -3.13. The first kappa shape index (κ1) is 23.5. The third-order valence-corrected chi connectivity index (χ3v) is 6.46. The van der Waals surface area contributed by atoms with E-state index >= 15 is 0 Å². The SMILES string of the molecule is CCNc1cc(S(=O)(=O)O)c(O)c2c1C(=O)c1c(O)c(S(=O)(=O)O)cc(NCC)c1C2=O. The van der Waals surface area contributed by atoms with E-state index in [4.69, 9.17) is 0 Å². The minimum Gasteiger partial charge on any atom is -0.506 e. The number of aromatic hydroxyl groups is 2. The monoisotopic (exact) mass is 486 g/mol. The number of rotatable bonds is 6. The molecule has 32 heavy (non-hydrogen) atoms. The largest absolute Gasteiger partial charge is 0.506 e. The minimum atomic E-state index is -5.01. The molecule has 0 atom stereocenters. The second-order valence-corrected chi connectivity index (χ2v) is 9.49. The Morgan fingerprint density at radius 2 is 1.00 bits per heavy atom. The molecule has 0 aliphatic heterocycles. The Bertz CT molecular complexity index is 1290. The lowest BCUT2D eigenvalue weighted by molar-refractivity contribution is 0.0974. The molecule has 0 fully saturated rings. The predicted molar refractivity (Wildman–Crippen MR) is 111 cm³/mol. The van der Waals surface area contributed by atoms with Gasteiger partial charge in [-0.3, -0.25) is 18.7 Å². The Kier molecular flexibility index (Phi) is 5.67. The average molecular weight is 486 g/mol. The van der Waals surface area contributed by atoms with Crippen LogP contribution in [0, 0.1) is 0 Å². The van der Waals surface area contributed by atoms with Crippen molar-refractivity contribution in [3.8, 4) is 11.5 Å². The van der Waals surface area contributed by atoms with Crippen molar-refractivity contribution in [2.75, 3.05) is 23.7 Å². The summed E-state index contributed by atoms with van der Waals surface area (Å²) in [6.45, 7) is 3.39. The summed E-state index contributed by atoms with van der Waals surface area (Å²) >= 11 is 0. The number of phenolic OH excluding ortho intramolecular Hbond substituents is 2. The van der Waals surface area contributed by atoms with Crippen molar-refractivity contribution in [2.24, 2.45) is 0 Å². The minimum absolute atomic E-state index is 0.121. The van der Waals surface area contributed by atoms with Crippen LogP contribution in [0.1, 0.15) is 45.7 Å². The summed E-state index contributed by atoms with van der Waals surface area (Å²) in [5, 5.41) is 26.3. The molecule has 6 N–H and O–H groups in total. The van der Waals surface area contributed by atoms with Gasteiger partial charge in [0.15, 0.2) is 0 Å². The third kappa shape index (κ3) is 3.56. The molecule has 2 aromatic rings. The summed E-state index contributed by atoms with van der Waals surface area (Å²) in [7, 11) is -10.0. The van der Waals surface area contributed by atoms with Crippen LogP contribution in [-0.2, 0) is 20.2 Å². The maximum absolute atomic E-state index is 13.3. The van der Waals surface area contributed by atoms with Gasteiger partial charge >= 0.3 is 0 Å². The van der Waals surface area contributed by atoms with Gasteiger partial charge in [0.05, 0.1) is 22.3 Å². The van der Waals surface area contributed by atoms with E-state index in [1.807, 2.05) is 0 Å². The van der Waals surface area contributed by atoms with E-state index in [-0.39, 0.29) is 24.5 Å². The van der Waals surface area contributed by atoms with Crippen molar-refractivity contribution in [2.45, 2.75) is 23.6 Å². The van der Waals surface area contributed by atoms with Gasteiger partial charge in [-0.05, 0) is 26.0 Å². The highest BCUT2D eigenvalue weighted by Crippen LogP contribution is 2.46. The first-order chi connectivity index (χ1) is 14.8. The van der Waals surface area contributed by atoms with E-state index in [9.17, 15) is 45.7 Å². The number of hydrogen-bond acceptors (Lipinski definition) is 10. The Morgan fingerprint density at radius 1 is 0.688 bits per heavy atom. The van der Waals surface area contributed by atoms with Gasteiger partial charge in [-0.25, -0.2) is 0 Å². The van der Waals surface area contributed by atoms with Crippen molar-refractivity contribution < 1.29 is 45.7 Å². The molecule has 2 aromatic carbocycles. The van der Waals surface area contributed by atoms with Crippen molar-refractivity contribution in [1.82, 2.24) is 0 Å². The summed E-state index contributed by atoms with van der Waals surface area (Å²) in [6.07, 6.45) is 0. The van der Waals surface area contributed by atoms with Gasteiger partial charge in [0.25, 0.3) is 20.2 Å². The van der Waals surface area contributed by atoms with Crippen molar-refractivity contribution in [3.63, 3.8) is 0 Å². The standard InChI is InChI=1S/C18H18N2O10S2/c1-3-19-7-5-9(31(25,26)27)15(21)13-11(7)17(23)14-12(18(13)24)8(20-4-2)6-10(16(14)22)32(28,29)30/h5-6,19-22H,3-4H2,1-2H3,(H,25,26,27)(H,28,29,30). The zero-order valence-electron chi connectivity index (χ0n) is 16.6. The number of carbonyl (C=O) groups excluding carboxylic acids is 2. The number of benzene rings is 2. The van der Waals surface area contributed by atoms with E-state index in [1.54, 1.807) is 13.8 Å². The molecule has 3 rings (SSSR count). The molecule has 12 nitrogen and oxygen atoms in total. The van der Waals surface area contributed by atoms with Crippen LogP contribution in [0.15, 0.2) is 21.9 Å². The molecule has 0 bridgehead atoms. The Balaban J connectivity index is 2.53. The van der Waals surface area contributed by atoms with Crippen LogP contribution in [-0.4, -0.2) is 60.8 Å². The molecule has 0 radical (unpaired) electrons. The van der Waals surface area contributed by atoms with Crippen molar-refractivity contribution >= 4 is 43.2 Å². The van der Waals surface area contributed by atoms with Gasteiger partial charge in [-0.2, -0.15) is 16.8 Å². The van der Waals surface area contributed by atoms with E-state index < -0.39 is 75.3 Å². The number of carbonyl (C=O) groups is 2. The summed E-state index contributed by atoms with van der Waals surface area (Å²) in [4.78, 5) is 24.6. The van der Waals surface area contributed by atoms with Gasteiger partial charge in [0.1, 0.15) is 21.3 Å². The first-order valence-corrected chi connectivity index (χ1v) is 12.0. The number of nitrogens with one attached hydrogen (secondary N) is 2. The van der Waals surface area contributed by atoms with Crippen molar-refractivity contribution in [1.29, 1.82) is 0 Å². The summed E-state index contributed by atoms with van der Waals surface area (Å²) in [5.74, 6) is -4.61. The Labute approximate surface area is 182 Å². The van der Waals surface area contributed by atoms with E-state index in [0.717, 1.165) is 12.1 Å². The van der Waals surface area contributed by atoms with Gasteiger partial charge in [-0.1, -0.05) is 0 Å². The molecule has 0 unspecified atom stereocenters. The van der Waals surface area contributed by atoms with Crippen LogP contribution < -0.4 is 10.6 Å². The molecule has 0 saturated heterocycles. The quantitative estimate of drug-likeness (QED) is 0.215. The molecule has 0 heterocycles. The molecule has 0 saturated carbocycles. The van der Waals surface area contributed by atoms with E-state index in [0.29, 0.717) is 0 Å². The maximum Gasteiger partial charge on any atom is 0.298 e. The Hall–Kier alpha value is -3.20. The molecular weight excluding hydrogens is 468 g/mol. The molecule has 1 aliphatic rings. The second kappa shape index (κ2) is 7.74.